The lowest BCUT2D eigenvalue weighted by molar-refractivity contribution is 0.478. The average Bonchev–Trinajstić information content (AvgIpc) is 2.66. The van der Waals surface area contributed by atoms with E-state index in [1.165, 1.54) is 18.7 Å². The summed E-state index contributed by atoms with van der Waals surface area (Å²) in [5.41, 5.74) is 1.32. The van der Waals surface area contributed by atoms with Gasteiger partial charge < -0.3 is 10.2 Å². The minimum absolute atomic E-state index is 0.663. The number of rotatable bonds is 3. The Labute approximate surface area is 92.3 Å². The minimum Gasteiger partial charge on any atom is -0.374 e. The predicted molar refractivity (Wildman–Crippen MR) is 65.3 cm³/mol. The maximum atomic E-state index is 3.50. The van der Waals surface area contributed by atoms with Crippen molar-refractivity contribution in [2.24, 2.45) is 5.92 Å². The summed E-state index contributed by atoms with van der Waals surface area (Å²) < 4.78 is 0. The first-order chi connectivity index (χ1) is 7.27. The fourth-order valence-corrected chi connectivity index (χ4v) is 2.30. The van der Waals surface area contributed by atoms with Crippen LogP contribution in [0.3, 0.4) is 0 Å². The summed E-state index contributed by atoms with van der Waals surface area (Å²) in [6.07, 6.45) is 1.30. The van der Waals surface area contributed by atoms with Crippen molar-refractivity contribution in [3.8, 4) is 0 Å². The van der Waals surface area contributed by atoms with E-state index in [0.717, 1.165) is 12.5 Å². The smallest absolute Gasteiger partial charge is 0.0363 e. The molecule has 0 amide bonds. The zero-order valence-electron chi connectivity index (χ0n) is 9.61. The molecule has 0 aromatic heterocycles. The van der Waals surface area contributed by atoms with Crippen LogP contribution in [0.4, 0.5) is 5.69 Å². The number of nitrogens with one attached hydrogen (secondary N) is 1. The summed E-state index contributed by atoms with van der Waals surface area (Å²) in [7, 11) is 2.18. The first-order valence-electron chi connectivity index (χ1n) is 5.77. The standard InChI is InChI=1S/C13H20N2/c1-11-12(8-9-14-11)10-15(2)13-6-4-3-5-7-13/h3-7,11-12,14H,8-10H2,1-2H3. The molecule has 1 fully saturated rings. The molecule has 15 heavy (non-hydrogen) atoms. The molecule has 2 heteroatoms. The van der Waals surface area contributed by atoms with Crippen molar-refractivity contribution >= 4 is 5.69 Å². The number of hydrogen-bond donors (Lipinski definition) is 1. The molecule has 2 nitrogen and oxygen atoms in total. The molecule has 1 aromatic carbocycles. The molecule has 0 spiro atoms. The Kier molecular flexibility index (Phi) is 3.27. The third kappa shape index (κ3) is 2.51. The molecule has 0 saturated carbocycles. The van der Waals surface area contributed by atoms with Crippen molar-refractivity contribution in [2.75, 3.05) is 25.0 Å². The number of anilines is 1. The van der Waals surface area contributed by atoms with Crippen LogP contribution in [-0.2, 0) is 0 Å². The zero-order valence-corrected chi connectivity index (χ0v) is 9.61. The van der Waals surface area contributed by atoms with Crippen LogP contribution in [-0.4, -0.2) is 26.2 Å². The molecule has 1 aliphatic heterocycles. The van der Waals surface area contributed by atoms with E-state index < -0.39 is 0 Å². The lowest BCUT2D eigenvalue weighted by atomic mass is 10.0. The second-order valence-electron chi connectivity index (χ2n) is 4.51. The molecule has 2 rings (SSSR count). The van der Waals surface area contributed by atoms with Crippen LogP contribution >= 0.6 is 0 Å². The second-order valence-corrected chi connectivity index (χ2v) is 4.51. The summed E-state index contributed by atoms with van der Waals surface area (Å²) in [4.78, 5) is 2.36. The Bertz CT molecular complexity index is 297. The van der Waals surface area contributed by atoms with Crippen LogP contribution < -0.4 is 10.2 Å². The molecule has 1 aromatic rings. The first kappa shape index (κ1) is 10.5. The Hall–Kier alpha value is -1.02. The van der Waals surface area contributed by atoms with Crippen LogP contribution in [0, 0.1) is 5.92 Å². The second kappa shape index (κ2) is 4.67. The molecule has 1 N–H and O–H groups in total. The largest absolute Gasteiger partial charge is 0.374 e. The highest BCUT2D eigenvalue weighted by atomic mass is 15.1. The highest BCUT2D eigenvalue weighted by Crippen LogP contribution is 2.19. The van der Waals surface area contributed by atoms with Crippen LogP contribution in [0.25, 0.3) is 0 Å². The van der Waals surface area contributed by atoms with E-state index >= 15 is 0 Å². The van der Waals surface area contributed by atoms with E-state index in [9.17, 15) is 0 Å². The Morgan fingerprint density at radius 1 is 1.33 bits per heavy atom. The zero-order chi connectivity index (χ0) is 10.7. The SMILES string of the molecule is CC1NCCC1CN(C)c1ccccc1. The first-order valence-corrected chi connectivity index (χ1v) is 5.77. The van der Waals surface area contributed by atoms with Gasteiger partial charge in [-0.3, -0.25) is 0 Å². The average molecular weight is 204 g/mol. The topological polar surface area (TPSA) is 15.3 Å². The molecule has 0 radical (unpaired) electrons. The number of benzene rings is 1. The van der Waals surface area contributed by atoms with Crippen molar-refractivity contribution in [2.45, 2.75) is 19.4 Å². The molecule has 0 bridgehead atoms. The fraction of sp³-hybridized carbons (Fsp3) is 0.538. The summed E-state index contributed by atoms with van der Waals surface area (Å²) in [5, 5.41) is 3.50. The summed E-state index contributed by atoms with van der Waals surface area (Å²) in [5.74, 6) is 0.787. The molecule has 2 atom stereocenters. The number of para-hydroxylation sites is 1. The maximum Gasteiger partial charge on any atom is 0.0363 e. The van der Waals surface area contributed by atoms with Gasteiger partial charge in [-0.25, -0.2) is 0 Å². The Morgan fingerprint density at radius 3 is 2.67 bits per heavy atom. The van der Waals surface area contributed by atoms with E-state index in [1.54, 1.807) is 0 Å². The van der Waals surface area contributed by atoms with Gasteiger partial charge in [-0.2, -0.15) is 0 Å². The normalized spacial score (nSPS) is 25.5. The molecule has 2 unspecified atom stereocenters. The van der Waals surface area contributed by atoms with Gasteiger partial charge in [0.1, 0.15) is 0 Å². The summed E-state index contributed by atoms with van der Waals surface area (Å²) >= 11 is 0. The third-order valence-electron chi connectivity index (χ3n) is 3.39. The van der Waals surface area contributed by atoms with E-state index in [0.29, 0.717) is 6.04 Å². The molecule has 82 valence electrons. The minimum atomic E-state index is 0.663. The van der Waals surface area contributed by atoms with Gasteiger partial charge in [0.25, 0.3) is 0 Å². The summed E-state index contributed by atoms with van der Waals surface area (Å²) in [6, 6.07) is 11.3. The van der Waals surface area contributed by atoms with Crippen molar-refractivity contribution < 1.29 is 0 Å². The van der Waals surface area contributed by atoms with Gasteiger partial charge in [0.2, 0.25) is 0 Å². The van der Waals surface area contributed by atoms with E-state index in [2.05, 4.69) is 54.5 Å². The highest BCUT2D eigenvalue weighted by Gasteiger charge is 2.23. The Balaban J connectivity index is 1.95. The molecular weight excluding hydrogens is 184 g/mol. The molecule has 0 aliphatic carbocycles. The Morgan fingerprint density at radius 2 is 2.07 bits per heavy atom. The van der Waals surface area contributed by atoms with Gasteiger partial charge in [-0.1, -0.05) is 18.2 Å². The van der Waals surface area contributed by atoms with E-state index in [4.69, 9.17) is 0 Å². The lowest BCUT2D eigenvalue weighted by Gasteiger charge is -2.25. The van der Waals surface area contributed by atoms with Gasteiger partial charge in [0.05, 0.1) is 0 Å². The van der Waals surface area contributed by atoms with Gasteiger partial charge >= 0.3 is 0 Å². The van der Waals surface area contributed by atoms with Crippen molar-refractivity contribution in [3.05, 3.63) is 30.3 Å². The fourth-order valence-electron chi connectivity index (χ4n) is 2.30. The van der Waals surface area contributed by atoms with Gasteiger partial charge in [-0.15, -0.1) is 0 Å². The maximum absolute atomic E-state index is 3.50. The van der Waals surface area contributed by atoms with Crippen LogP contribution in [0.2, 0.25) is 0 Å². The summed E-state index contributed by atoms with van der Waals surface area (Å²) in [6.45, 7) is 4.61. The van der Waals surface area contributed by atoms with Crippen LogP contribution in [0.5, 0.6) is 0 Å². The monoisotopic (exact) mass is 204 g/mol. The quantitative estimate of drug-likeness (QED) is 0.811. The van der Waals surface area contributed by atoms with Crippen LogP contribution in [0.15, 0.2) is 30.3 Å². The van der Waals surface area contributed by atoms with Gasteiger partial charge in [0, 0.05) is 25.3 Å². The molecule has 1 saturated heterocycles. The molecule has 1 heterocycles. The van der Waals surface area contributed by atoms with Crippen LogP contribution in [0.1, 0.15) is 13.3 Å². The number of nitrogens with zero attached hydrogens (tertiary/aromatic N) is 1. The van der Waals surface area contributed by atoms with E-state index in [1.807, 2.05) is 0 Å². The van der Waals surface area contributed by atoms with Crippen molar-refractivity contribution in [1.82, 2.24) is 5.32 Å². The third-order valence-corrected chi connectivity index (χ3v) is 3.39. The van der Waals surface area contributed by atoms with Crippen molar-refractivity contribution in [3.63, 3.8) is 0 Å². The number of hydrogen-bond acceptors (Lipinski definition) is 2. The lowest BCUT2D eigenvalue weighted by Crippen LogP contribution is -2.32. The predicted octanol–water partition coefficient (Wildman–Crippen LogP) is 2.12. The van der Waals surface area contributed by atoms with Gasteiger partial charge in [0.15, 0.2) is 0 Å². The van der Waals surface area contributed by atoms with Crippen molar-refractivity contribution in [1.29, 1.82) is 0 Å². The molecular formula is C13H20N2. The molecule has 1 aliphatic rings. The van der Waals surface area contributed by atoms with Gasteiger partial charge in [-0.05, 0) is 37.9 Å². The van der Waals surface area contributed by atoms with E-state index in [-0.39, 0.29) is 0 Å². The highest BCUT2D eigenvalue weighted by molar-refractivity contribution is 5.45.